The Balaban J connectivity index is 1.85. The Labute approximate surface area is 129 Å². The highest BCUT2D eigenvalue weighted by molar-refractivity contribution is 6.33. The van der Waals surface area contributed by atoms with Crippen molar-refractivity contribution >= 4 is 28.9 Å². The number of para-hydroxylation sites is 1. The summed E-state index contributed by atoms with van der Waals surface area (Å²) < 4.78 is 0. The molecule has 4 nitrogen and oxygen atoms in total. The van der Waals surface area contributed by atoms with Gasteiger partial charge in [0.2, 0.25) is 0 Å². The van der Waals surface area contributed by atoms with Gasteiger partial charge in [0.05, 0.1) is 10.7 Å². The van der Waals surface area contributed by atoms with Gasteiger partial charge in [-0.2, -0.15) is 0 Å². The number of likely N-dealkylation sites (N-methyl/N-ethyl adjacent to an activating group) is 1. The number of carbonyl (C=O) groups is 1. The number of hydrogen-bond acceptors (Lipinski definition) is 3. The molecule has 0 aliphatic heterocycles. The summed E-state index contributed by atoms with van der Waals surface area (Å²) in [6.45, 7) is 1.27. The van der Waals surface area contributed by atoms with Crippen LogP contribution >= 0.6 is 11.6 Å². The Morgan fingerprint density at radius 1 is 1.24 bits per heavy atom. The molecule has 0 spiro atoms. The first kappa shape index (κ1) is 15.2. The number of halogens is 1. The average molecular weight is 304 g/mol. The molecule has 0 bridgehead atoms. The predicted molar refractivity (Wildman–Crippen MR) is 87.9 cm³/mol. The first-order valence-electron chi connectivity index (χ1n) is 6.67. The molecule has 5 heteroatoms. The zero-order chi connectivity index (χ0) is 15.2. The fraction of sp³-hybridized carbons (Fsp3) is 0.188. The molecule has 0 saturated heterocycles. The zero-order valence-electron chi connectivity index (χ0n) is 11.8. The summed E-state index contributed by atoms with van der Waals surface area (Å²) in [7, 11) is 1.99. The van der Waals surface area contributed by atoms with Crippen LogP contribution in [0.15, 0.2) is 48.5 Å². The monoisotopic (exact) mass is 303 g/mol. The number of carbonyl (C=O) groups excluding carboxylic acids is 1. The number of hydrogen-bond donors (Lipinski definition) is 2. The SMILES string of the molecule is CN(CCNC(=O)c1ccc(Cl)c(N)c1)c1ccccc1. The van der Waals surface area contributed by atoms with Crippen molar-refractivity contribution in [3.8, 4) is 0 Å². The highest BCUT2D eigenvalue weighted by atomic mass is 35.5. The van der Waals surface area contributed by atoms with E-state index in [9.17, 15) is 4.79 Å². The van der Waals surface area contributed by atoms with E-state index in [1.54, 1.807) is 18.2 Å². The van der Waals surface area contributed by atoms with Crippen molar-refractivity contribution < 1.29 is 4.79 Å². The van der Waals surface area contributed by atoms with Crippen molar-refractivity contribution in [1.82, 2.24) is 5.32 Å². The first-order chi connectivity index (χ1) is 10.1. The van der Waals surface area contributed by atoms with Crippen LogP contribution < -0.4 is 16.0 Å². The van der Waals surface area contributed by atoms with E-state index in [0.717, 1.165) is 12.2 Å². The second kappa shape index (κ2) is 6.99. The number of benzene rings is 2. The molecule has 0 aromatic heterocycles. The van der Waals surface area contributed by atoms with Crippen molar-refractivity contribution in [2.24, 2.45) is 0 Å². The number of nitrogens with two attached hydrogens (primary N) is 1. The maximum Gasteiger partial charge on any atom is 0.251 e. The van der Waals surface area contributed by atoms with Crippen LogP contribution in [0.2, 0.25) is 5.02 Å². The lowest BCUT2D eigenvalue weighted by Crippen LogP contribution is -2.33. The number of nitrogens with zero attached hydrogens (tertiary/aromatic N) is 1. The molecule has 0 fully saturated rings. The molecule has 0 saturated carbocycles. The fourth-order valence-electron chi connectivity index (χ4n) is 1.94. The molecule has 0 unspecified atom stereocenters. The molecule has 3 N–H and O–H groups in total. The van der Waals surface area contributed by atoms with Crippen LogP contribution in [0.3, 0.4) is 0 Å². The lowest BCUT2D eigenvalue weighted by Gasteiger charge is -2.19. The molecular formula is C16H18ClN3O. The molecule has 0 aliphatic rings. The van der Waals surface area contributed by atoms with Gasteiger partial charge in [-0.05, 0) is 30.3 Å². The van der Waals surface area contributed by atoms with Crippen LogP contribution in [0, 0.1) is 0 Å². The van der Waals surface area contributed by atoms with Crippen LogP contribution in [0.1, 0.15) is 10.4 Å². The standard InChI is InChI=1S/C16H18ClN3O/c1-20(13-5-3-2-4-6-13)10-9-19-16(21)12-7-8-14(17)15(18)11-12/h2-8,11H,9-10,18H2,1H3,(H,19,21). The molecular weight excluding hydrogens is 286 g/mol. The van der Waals surface area contributed by atoms with Gasteiger partial charge in [-0.3, -0.25) is 4.79 Å². The maximum atomic E-state index is 12.0. The molecule has 0 atom stereocenters. The summed E-state index contributed by atoms with van der Waals surface area (Å²) >= 11 is 5.84. The number of nitrogen functional groups attached to an aromatic ring is 1. The average Bonchev–Trinajstić information content (AvgIpc) is 2.50. The minimum Gasteiger partial charge on any atom is -0.398 e. The molecule has 2 aromatic carbocycles. The van der Waals surface area contributed by atoms with Gasteiger partial charge in [-0.15, -0.1) is 0 Å². The van der Waals surface area contributed by atoms with Crippen LogP contribution in [-0.2, 0) is 0 Å². The third kappa shape index (κ3) is 4.13. The Kier molecular flexibility index (Phi) is 5.06. The molecule has 2 rings (SSSR count). The van der Waals surface area contributed by atoms with Crippen LogP contribution in [0.4, 0.5) is 11.4 Å². The third-order valence-electron chi connectivity index (χ3n) is 3.19. The largest absolute Gasteiger partial charge is 0.398 e. The van der Waals surface area contributed by atoms with E-state index in [0.29, 0.717) is 22.8 Å². The Bertz CT molecular complexity index is 616. The van der Waals surface area contributed by atoms with E-state index in [-0.39, 0.29) is 5.91 Å². The molecule has 0 radical (unpaired) electrons. The van der Waals surface area contributed by atoms with Crippen molar-refractivity contribution in [3.63, 3.8) is 0 Å². The normalized spacial score (nSPS) is 10.2. The summed E-state index contributed by atoms with van der Waals surface area (Å²) in [5, 5.41) is 3.32. The maximum absolute atomic E-state index is 12.0. The number of rotatable bonds is 5. The fourth-order valence-corrected chi connectivity index (χ4v) is 2.05. The van der Waals surface area contributed by atoms with Gasteiger partial charge in [0.15, 0.2) is 0 Å². The molecule has 0 aliphatic carbocycles. The predicted octanol–water partition coefficient (Wildman–Crippen LogP) is 2.79. The number of nitrogens with one attached hydrogen (secondary N) is 1. The van der Waals surface area contributed by atoms with E-state index < -0.39 is 0 Å². The second-order valence-electron chi connectivity index (χ2n) is 4.75. The highest BCUT2D eigenvalue weighted by Crippen LogP contribution is 2.19. The summed E-state index contributed by atoms with van der Waals surface area (Å²) in [6.07, 6.45) is 0. The zero-order valence-corrected chi connectivity index (χ0v) is 12.6. The number of anilines is 2. The van der Waals surface area contributed by atoms with E-state index in [4.69, 9.17) is 17.3 Å². The Hall–Kier alpha value is -2.20. The molecule has 110 valence electrons. The van der Waals surface area contributed by atoms with Crippen LogP contribution in [-0.4, -0.2) is 26.0 Å². The van der Waals surface area contributed by atoms with Gasteiger partial charge in [0.1, 0.15) is 0 Å². The van der Waals surface area contributed by atoms with Crippen LogP contribution in [0.5, 0.6) is 0 Å². The third-order valence-corrected chi connectivity index (χ3v) is 3.53. The van der Waals surface area contributed by atoms with E-state index in [1.807, 2.05) is 37.4 Å². The van der Waals surface area contributed by atoms with Gasteiger partial charge in [0, 0.05) is 31.4 Å². The van der Waals surface area contributed by atoms with Gasteiger partial charge < -0.3 is 16.0 Å². The number of amides is 1. The topological polar surface area (TPSA) is 58.4 Å². The smallest absolute Gasteiger partial charge is 0.251 e. The molecule has 0 heterocycles. The Morgan fingerprint density at radius 2 is 1.95 bits per heavy atom. The first-order valence-corrected chi connectivity index (χ1v) is 7.05. The summed E-state index contributed by atoms with van der Waals surface area (Å²) in [6, 6.07) is 14.9. The van der Waals surface area contributed by atoms with Crippen molar-refractivity contribution in [2.45, 2.75) is 0 Å². The summed E-state index contributed by atoms with van der Waals surface area (Å²) in [4.78, 5) is 14.1. The van der Waals surface area contributed by atoms with E-state index in [1.165, 1.54) is 0 Å². The second-order valence-corrected chi connectivity index (χ2v) is 5.16. The van der Waals surface area contributed by atoms with E-state index in [2.05, 4.69) is 10.2 Å². The van der Waals surface area contributed by atoms with Gasteiger partial charge in [-0.25, -0.2) is 0 Å². The quantitative estimate of drug-likeness (QED) is 0.835. The van der Waals surface area contributed by atoms with Gasteiger partial charge in [-0.1, -0.05) is 29.8 Å². The van der Waals surface area contributed by atoms with Crippen molar-refractivity contribution in [1.29, 1.82) is 0 Å². The molecule has 2 aromatic rings. The minimum absolute atomic E-state index is 0.153. The molecule has 21 heavy (non-hydrogen) atoms. The van der Waals surface area contributed by atoms with Gasteiger partial charge >= 0.3 is 0 Å². The lowest BCUT2D eigenvalue weighted by molar-refractivity contribution is 0.0955. The van der Waals surface area contributed by atoms with Crippen molar-refractivity contribution in [2.75, 3.05) is 30.8 Å². The van der Waals surface area contributed by atoms with Crippen molar-refractivity contribution in [3.05, 3.63) is 59.1 Å². The van der Waals surface area contributed by atoms with E-state index >= 15 is 0 Å². The Morgan fingerprint density at radius 3 is 2.62 bits per heavy atom. The lowest BCUT2D eigenvalue weighted by atomic mass is 10.2. The summed E-state index contributed by atoms with van der Waals surface area (Å²) in [5.74, 6) is -0.153. The van der Waals surface area contributed by atoms with Crippen LogP contribution in [0.25, 0.3) is 0 Å². The molecule has 1 amide bonds. The highest BCUT2D eigenvalue weighted by Gasteiger charge is 2.07. The van der Waals surface area contributed by atoms with Gasteiger partial charge in [0.25, 0.3) is 5.91 Å². The minimum atomic E-state index is -0.153. The summed E-state index contributed by atoms with van der Waals surface area (Å²) in [5.41, 5.74) is 7.73.